The molecule has 2 heterocycles. The first-order chi connectivity index (χ1) is 8.73. The van der Waals surface area contributed by atoms with Gasteiger partial charge in [0.2, 0.25) is 5.82 Å². The van der Waals surface area contributed by atoms with Crippen molar-refractivity contribution in [2.24, 2.45) is 0 Å². The zero-order valence-electron chi connectivity index (χ0n) is 10.1. The van der Waals surface area contributed by atoms with Gasteiger partial charge in [-0.05, 0) is 31.4 Å². The van der Waals surface area contributed by atoms with E-state index in [1.807, 2.05) is 0 Å². The van der Waals surface area contributed by atoms with Crippen molar-refractivity contribution in [1.29, 1.82) is 0 Å². The molecule has 2 N–H and O–H groups in total. The zero-order valence-corrected chi connectivity index (χ0v) is 10.1. The molecule has 18 heavy (non-hydrogen) atoms. The largest absolute Gasteiger partial charge is 0.384 e. The average Bonchev–Trinajstić information content (AvgIpc) is 2.79. The Morgan fingerprint density at radius 3 is 2.78 bits per heavy atom. The molecule has 2 aromatic heterocycles. The molecule has 6 heteroatoms. The molecule has 1 fully saturated rings. The van der Waals surface area contributed by atoms with Gasteiger partial charge in [0, 0.05) is 13.3 Å². The number of methoxy groups -OCH3 is 1. The predicted octanol–water partition coefficient (Wildman–Crippen LogP) is 1.74. The van der Waals surface area contributed by atoms with Crippen molar-refractivity contribution in [3.63, 3.8) is 0 Å². The summed E-state index contributed by atoms with van der Waals surface area (Å²) in [5.41, 5.74) is 5.93. The topological polar surface area (TPSA) is 87.1 Å². The molecular formula is C12H14N4O2. The van der Waals surface area contributed by atoms with Crippen molar-refractivity contribution < 1.29 is 9.26 Å². The van der Waals surface area contributed by atoms with Crippen molar-refractivity contribution in [3.05, 3.63) is 24.2 Å². The molecule has 2 aromatic rings. The fourth-order valence-electron chi connectivity index (χ4n) is 2.07. The third kappa shape index (κ3) is 1.65. The van der Waals surface area contributed by atoms with Crippen LogP contribution in [0.3, 0.4) is 0 Å². The van der Waals surface area contributed by atoms with E-state index in [0.717, 1.165) is 24.8 Å². The van der Waals surface area contributed by atoms with E-state index in [1.54, 1.807) is 25.4 Å². The number of anilines is 1. The van der Waals surface area contributed by atoms with Crippen molar-refractivity contribution in [2.45, 2.75) is 24.9 Å². The second kappa shape index (κ2) is 4.06. The van der Waals surface area contributed by atoms with Gasteiger partial charge in [-0.2, -0.15) is 4.98 Å². The molecule has 0 atom stereocenters. The third-order valence-electron chi connectivity index (χ3n) is 3.42. The van der Waals surface area contributed by atoms with Gasteiger partial charge in [-0.3, -0.25) is 0 Å². The number of aromatic nitrogens is 3. The van der Waals surface area contributed by atoms with Gasteiger partial charge in [-0.15, -0.1) is 0 Å². The van der Waals surface area contributed by atoms with Gasteiger partial charge in [-0.25, -0.2) is 4.98 Å². The first-order valence-electron chi connectivity index (χ1n) is 5.85. The summed E-state index contributed by atoms with van der Waals surface area (Å²) in [6, 6.07) is 3.51. The Hall–Kier alpha value is -1.95. The second-order valence-corrected chi connectivity index (χ2v) is 4.45. The van der Waals surface area contributed by atoms with E-state index >= 15 is 0 Å². The fourth-order valence-corrected chi connectivity index (χ4v) is 2.07. The van der Waals surface area contributed by atoms with Gasteiger partial charge in [0.15, 0.2) is 0 Å². The monoisotopic (exact) mass is 246 g/mol. The molecule has 94 valence electrons. The highest BCUT2D eigenvalue weighted by atomic mass is 16.5. The lowest BCUT2D eigenvalue weighted by molar-refractivity contribution is -0.0858. The molecule has 0 saturated heterocycles. The Kier molecular flexibility index (Phi) is 2.52. The fraction of sp³-hybridized carbons (Fsp3) is 0.417. The Balaban J connectivity index is 1.91. The molecule has 0 aromatic carbocycles. The molecule has 0 aliphatic heterocycles. The molecule has 1 aliphatic rings. The van der Waals surface area contributed by atoms with Crippen LogP contribution in [-0.4, -0.2) is 22.2 Å². The average molecular weight is 246 g/mol. The van der Waals surface area contributed by atoms with Crippen LogP contribution in [0, 0.1) is 0 Å². The maximum Gasteiger partial charge on any atom is 0.259 e. The van der Waals surface area contributed by atoms with Crippen LogP contribution in [0.4, 0.5) is 5.82 Å². The Morgan fingerprint density at radius 2 is 2.22 bits per heavy atom. The number of pyridine rings is 1. The van der Waals surface area contributed by atoms with E-state index in [9.17, 15) is 0 Å². The van der Waals surface area contributed by atoms with E-state index in [1.165, 1.54) is 0 Å². The first-order valence-corrected chi connectivity index (χ1v) is 5.85. The Bertz CT molecular complexity index is 540. The SMILES string of the molecule is COC1(c2noc(-c3ccc(N)nc3)n2)CCC1. The van der Waals surface area contributed by atoms with E-state index in [4.69, 9.17) is 15.0 Å². The molecule has 3 rings (SSSR count). The molecule has 0 unspecified atom stereocenters. The van der Waals surface area contributed by atoms with E-state index < -0.39 is 0 Å². The number of hydrogen-bond donors (Lipinski definition) is 1. The number of nitrogen functional groups attached to an aromatic ring is 1. The summed E-state index contributed by atoms with van der Waals surface area (Å²) < 4.78 is 10.8. The molecule has 0 amide bonds. The third-order valence-corrected chi connectivity index (χ3v) is 3.42. The molecule has 0 bridgehead atoms. The van der Waals surface area contributed by atoms with E-state index in [0.29, 0.717) is 17.5 Å². The lowest BCUT2D eigenvalue weighted by atomic mass is 9.79. The van der Waals surface area contributed by atoms with Gasteiger partial charge in [-0.1, -0.05) is 5.16 Å². The van der Waals surface area contributed by atoms with Gasteiger partial charge < -0.3 is 15.0 Å². The summed E-state index contributed by atoms with van der Waals surface area (Å²) in [5.74, 6) is 1.52. The summed E-state index contributed by atoms with van der Waals surface area (Å²) in [6.45, 7) is 0. The lowest BCUT2D eigenvalue weighted by Crippen LogP contribution is -2.37. The highest BCUT2D eigenvalue weighted by Gasteiger charge is 2.43. The van der Waals surface area contributed by atoms with Crippen LogP contribution in [0.25, 0.3) is 11.5 Å². The minimum absolute atomic E-state index is 0.358. The Labute approximate surface area is 104 Å². The summed E-state index contributed by atoms with van der Waals surface area (Å²) in [4.78, 5) is 8.39. The number of rotatable bonds is 3. The number of nitrogens with zero attached hydrogens (tertiary/aromatic N) is 3. The number of hydrogen-bond acceptors (Lipinski definition) is 6. The van der Waals surface area contributed by atoms with Crippen molar-refractivity contribution in [3.8, 4) is 11.5 Å². The highest BCUT2D eigenvalue weighted by Crippen LogP contribution is 2.43. The van der Waals surface area contributed by atoms with Crippen molar-refractivity contribution in [2.75, 3.05) is 12.8 Å². The van der Waals surface area contributed by atoms with Crippen LogP contribution in [0.5, 0.6) is 0 Å². The molecule has 6 nitrogen and oxygen atoms in total. The van der Waals surface area contributed by atoms with Gasteiger partial charge in [0.25, 0.3) is 5.89 Å². The van der Waals surface area contributed by atoms with Gasteiger partial charge in [0.05, 0.1) is 5.56 Å². The minimum atomic E-state index is -0.358. The van der Waals surface area contributed by atoms with Crippen LogP contribution in [0.1, 0.15) is 25.1 Å². The summed E-state index contributed by atoms with van der Waals surface area (Å²) in [6.07, 6.45) is 4.61. The van der Waals surface area contributed by atoms with Gasteiger partial charge >= 0.3 is 0 Å². The standard InChI is InChI=1S/C12H14N4O2/c1-17-12(5-2-6-12)11-15-10(18-16-11)8-3-4-9(13)14-7-8/h3-4,7H,2,5-6H2,1H3,(H2,13,14). The molecule has 1 saturated carbocycles. The van der Waals surface area contributed by atoms with Crippen LogP contribution in [0.15, 0.2) is 22.9 Å². The normalized spacial score (nSPS) is 17.4. The Morgan fingerprint density at radius 1 is 1.39 bits per heavy atom. The van der Waals surface area contributed by atoms with Crippen LogP contribution >= 0.6 is 0 Å². The molecule has 1 aliphatic carbocycles. The summed E-state index contributed by atoms with van der Waals surface area (Å²) >= 11 is 0. The van der Waals surface area contributed by atoms with Crippen molar-refractivity contribution >= 4 is 5.82 Å². The predicted molar refractivity (Wildman–Crippen MR) is 64.5 cm³/mol. The maximum atomic E-state index is 5.53. The summed E-state index contributed by atoms with van der Waals surface area (Å²) in [7, 11) is 1.68. The number of ether oxygens (including phenoxy) is 1. The van der Waals surface area contributed by atoms with Crippen LogP contribution < -0.4 is 5.73 Å². The zero-order chi connectivity index (χ0) is 12.6. The van der Waals surface area contributed by atoms with E-state index in [2.05, 4.69) is 15.1 Å². The van der Waals surface area contributed by atoms with Crippen LogP contribution in [-0.2, 0) is 10.3 Å². The molecular weight excluding hydrogens is 232 g/mol. The maximum absolute atomic E-state index is 5.53. The molecule has 0 radical (unpaired) electrons. The highest BCUT2D eigenvalue weighted by molar-refractivity contribution is 5.53. The van der Waals surface area contributed by atoms with Crippen molar-refractivity contribution in [1.82, 2.24) is 15.1 Å². The minimum Gasteiger partial charge on any atom is -0.384 e. The second-order valence-electron chi connectivity index (χ2n) is 4.45. The quantitative estimate of drug-likeness (QED) is 0.887. The summed E-state index contributed by atoms with van der Waals surface area (Å²) in [5, 5.41) is 4.01. The molecule has 0 spiro atoms. The van der Waals surface area contributed by atoms with Gasteiger partial charge in [0.1, 0.15) is 11.4 Å². The lowest BCUT2D eigenvalue weighted by Gasteiger charge is -2.37. The van der Waals surface area contributed by atoms with Crippen LogP contribution in [0.2, 0.25) is 0 Å². The smallest absolute Gasteiger partial charge is 0.259 e. The number of nitrogens with two attached hydrogens (primary N) is 1. The van der Waals surface area contributed by atoms with E-state index in [-0.39, 0.29) is 5.60 Å². The first kappa shape index (κ1) is 11.2.